The summed E-state index contributed by atoms with van der Waals surface area (Å²) in [5.74, 6) is 0.781. The summed E-state index contributed by atoms with van der Waals surface area (Å²) in [7, 11) is 0.579. The molecule has 0 radical (unpaired) electrons. The van der Waals surface area contributed by atoms with Crippen molar-refractivity contribution in [2.75, 3.05) is 20.6 Å². The third-order valence-corrected chi connectivity index (χ3v) is 5.80. The number of H-pyrrole nitrogens is 1. The van der Waals surface area contributed by atoms with Gasteiger partial charge in [-0.3, -0.25) is 0 Å². The molecule has 0 fully saturated rings. The second kappa shape index (κ2) is 8.62. The van der Waals surface area contributed by atoms with E-state index in [4.69, 9.17) is 9.66 Å². The van der Waals surface area contributed by atoms with Gasteiger partial charge in [0.2, 0.25) is 21.7 Å². The quantitative estimate of drug-likeness (QED) is 0.436. The van der Waals surface area contributed by atoms with E-state index in [0.717, 1.165) is 29.6 Å². The van der Waals surface area contributed by atoms with Gasteiger partial charge in [0.1, 0.15) is 0 Å². The average Bonchev–Trinajstić information content (AvgIpc) is 3.32. The molecule has 2 aromatic heterocycles. The number of hydrogen-bond donors (Lipinski definition) is 2. The molecule has 0 atom stereocenters. The van der Waals surface area contributed by atoms with Gasteiger partial charge in [0.25, 0.3) is 0 Å². The third-order valence-electron chi connectivity index (χ3n) is 5.06. The second-order valence-corrected chi connectivity index (χ2v) is 9.55. The Morgan fingerprint density at radius 1 is 1.10 bits per heavy atom. The first-order valence-electron chi connectivity index (χ1n) is 9.93. The fourth-order valence-corrected chi connectivity index (χ4v) is 4.14. The molecule has 0 spiro atoms. The number of sulfonamides is 1. The van der Waals surface area contributed by atoms with E-state index in [1.54, 1.807) is 24.3 Å². The summed E-state index contributed by atoms with van der Waals surface area (Å²) in [4.78, 5) is 10.00. The number of nitrogens with two attached hydrogens (primary N) is 1. The number of fused-ring (bicyclic) bond motifs is 1. The fraction of sp³-hybridized carbons (Fsp3) is 0.273. The molecular weight excluding hydrogens is 414 g/mol. The Hall–Kier alpha value is -3.01. The van der Waals surface area contributed by atoms with Crippen molar-refractivity contribution in [1.29, 1.82) is 0 Å². The lowest BCUT2D eigenvalue weighted by molar-refractivity contribution is 0.386. The van der Waals surface area contributed by atoms with E-state index < -0.39 is 10.0 Å². The lowest BCUT2D eigenvalue weighted by Gasteiger charge is -2.08. The van der Waals surface area contributed by atoms with Crippen LogP contribution in [0.4, 0.5) is 0 Å². The predicted molar refractivity (Wildman–Crippen MR) is 120 cm³/mol. The molecule has 0 bridgehead atoms. The number of aromatic amines is 1. The molecule has 31 heavy (non-hydrogen) atoms. The van der Waals surface area contributed by atoms with Crippen LogP contribution in [0, 0.1) is 0 Å². The van der Waals surface area contributed by atoms with Gasteiger partial charge < -0.3 is 14.4 Å². The van der Waals surface area contributed by atoms with Crippen LogP contribution in [0.2, 0.25) is 0 Å². The van der Waals surface area contributed by atoms with Crippen molar-refractivity contribution >= 4 is 20.9 Å². The Kier molecular flexibility index (Phi) is 5.90. The molecule has 9 heteroatoms. The maximum absolute atomic E-state index is 11.2. The molecule has 2 aromatic carbocycles. The number of aromatic nitrogens is 3. The molecule has 0 aliphatic rings. The highest BCUT2D eigenvalue weighted by molar-refractivity contribution is 7.88. The molecule has 0 aliphatic carbocycles. The molecule has 2 heterocycles. The van der Waals surface area contributed by atoms with E-state index >= 15 is 0 Å². The highest BCUT2D eigenvalue weighted by atomic mass is 32.2. The summed E-state index contributed by atoms with van der Waals surface area (Å²) in [6.45, 7) is 0.986. The van der Waals surface area contributed by atoms with Crippen LogP contribution in [-0.2, 0) is 28.6 Å². The zero-order valence-electron chi connectivity index (χ0n) is 17.5. The van der Waals surface area contributed by atoms with Crippen LogP contribution < -0.4 is 5.14 Å². The van der Waals surface area contributed by atoms with Crippen molar-refractivity contribution in [3.63, 3.8) is 0 Å². The number of primary sulfonamides is 1. The normalized spacial score (nSPS) is 12.1. The van der Waals surface area contributed by atoms with Gasteiger partial charge in [0.15, 0.2) is 0 Å². The topological polar surface area (TPSA) is 118 Å². The number of nitrogens with one attached hydrogen (secondary N) is 1. The number of benzene rings is 2. The van der Waals surface area contributed by atoms with E-state index in [1.807, 2.05) is 0 Å². The van der Waals surface area contributed by atoms with Crippen LogP contribution in [0.15, 0.2) is 53.2 Å². The standard InChI is InChI=1S/C22H25N5O3S/c1-27(2)10-9-18-13-24-20-8-5-16(11-19(18)20)12-21-25-22(26-30-21)17-6-3-15(4-7-17)14-31(23,28)29/h3-8,11,13,24H,9-10,12,14H2,1-2H3,(H2,23,28,29). The molecule has 0 saturated carbocycles. The van der Waals surface area contributed by atoms with Gasteiger partial charge in [0.05, 0.1) is 12.2 Å². The minimum absolute atomic E-state index is 0.205. The third kappa shape index (κ3) is 5.38. The highest BCUT2D eigenvalue weighted by Crippen LogP contribution is 2.23. The van der Waals surface area contributed by atoms with Gasteiger partial charge in [0, 0.05) is 29.2 Å². The Morgan fingerprint density at radius 2 is 1.84 bits per heavy atom. The molecule has 162 valence electrons. The molecule has 0 amide bonds. The summed E-state index contributed by atoms with van der Waals surface area (Å²) >= 11 is 0. The molecule has 0 unspecified atom stereocenters. The Bertz CT molecular complexity index is 1290. The van der Waals surface area contributed by atoms with Gasteiger partial charge in [-0.15, -0.1) is 0 Å². The Balaban J connectivity index is 1.49. The van der Waals surface area contributed by atoms with Crippen LogP contribution in [0.25, 0.3) is 22.3 Å². The van der Waals surface area contributed by atoms with Crippen LogP contribution in [0.5, 0.6) is 0 Å². The Labute approximate surface area is 181 Å². The van der Waals surface area contributed by atoms with Gasteiger partial charge >= 0.3 is 0 Å². The van der Waals surface area contributed by atoms with E-state index in [2.05, 4.69) is 58.5 Å². The lowest BCUT2D eigenvalue weighted by atomic mass is 10.1. The van der Waals surface area contributed by atoms with Crippen LogP contribution in [-0.4, -0.2) is 49.1 Å². The summed E-state index contributed by atoms with van der Waals surface area (Å²) in [6.07, 6.45) is 3.58. The zero-order chi connectivity index (χ0) is 22.0. The highest BCUT2D eigenvalue weighted by Gasteiger charge is 2.12. The number of rotatable bonds is 8. The van der Waals surface area contributed by atoms with Crippen LogP contribution >= 0.6 is 0 Å². The van der Waals surface area contributed by atoms with E-state index in [1.165, 1.54) is 10.9 Å². The van der Waals surface area contributed by atoms with Crippen molar-refractivity contribution in [3.05, 3.63) is 71.2 Å². The molecule has 3 N–H and O–H groups in total. The van der Waals surface area contributed by atoms with Gasteiger partial charge in [-0.2, -0.15) is 4.98 Å². The summed E-state index contributed by atoms with van der Waals surface area (Å²) in [5, 5.41) is 10.4. The number of likely N-dealkylation sites (N-methyl/N-ethyl adjacent to an activating group) is 1. The van der Waals surface area contributed by atoms with Crippen molar-refractivity contribution in [3.8, 4) is 11.4 Å². The summed E-state index contributed by atoms with van der Waals surface area (Å²) in [5.41, 5.74) is 4.86. The number of hydrogen-bond acceptors (Lipinski definition) is 6. The van der Waals surface area contributed by atoms with Gasteiger partial charge in [-0.05, 0) is 49.3 Å². The van der Waals surface area contributed by atoms with Crippen LogP contribution in [0.1, 0.15) is 22.6 Å². The van der Waals surface area contributed by atoms with Crippen molar-refractivity contribution < 1.29 is 12.9 Å². The van der Waals surface area contributed by atoms with E-state index in [-0.39, 0.29) is 5.75 Å². The second-order valence-electron chi connectivity index (χ2n) is 7.94. The molecular formula is C22H25N5O3S. The molecule has 8 nitrogen and oxygen atoms in total. The zero-order valence-corrected chi connectivity index (χ0v) is 18.3. The molecule has 4 aromatic rings. The first kappa shape index (κ1) is 21.2. The Morgan fingerprint density at radius 3 is 2.55 bits per heavy atom. The average molecular weight is 440 g/mol. The summed E-state index contributed by atoms with van der Waals surface area (Å²) in [6, 6.07) is 13.2. The fourth-order valence-electron chi connectivity index (χ4n) is 3.49. The summed E-state index contributed by atoms with van der Waals surface area (Å²) < 4.78 is 27.9. The molecule has 0 aliphatic heterocycles. The van der Waals surface area contributed by atoms with E-state index in [0.29, 0.717) is 23.7 Å². The van der Waals surface area contributed by atoms with Crippen molar-refractivity contribution in [2.45, 2.75) is 18.6 Å². The number of nitrogens with zero attached hydrogens (tertiary/aromatic N) is 3. The first-order valence-corrected chi connectivity index (χ1v) is 11.6. The van der Waals surface area contributed by atoms with Crippen LogP contribution in [0.3, 0.4) is 0 Å². The maximum atomic E-state index is 11.2. The van der Waals surface area contributed by atoms with Crippen molar-refractivity contribution in [2.24, 2.45) is 5.14 Å². The minimum atomic E-state index is -3.56. The first-order chi connectivity index (χ1) is 14.8. The lowest BCUT2D eigenvalue weighted by Crippen LogP contribution is -2.14. The maximum Gasteiger partial charge on any atom is 0.231 e. The minimum Gasteiger partial charge on any atom is -0.361 e. The van der Waals surface area contributed by atoms with E-state index in [9.17, 15) is 8.42 Å². The van der Waals surface area contributed by atoms with Gasteiger partial charge in [-0.25, -0.2) is 13.6 Å². The SMILES string of the molecule is CN(C)CCc1c[nH]c2ccc(Cc3nc(-c4ccc(CS(N)(=O)=O)cc4)no3)cc12. The smallest absolute Gasteiger partial charge is 0.231 e. The molecule has 4 rings (SSSR count). The largest absolute Gasteiger partial charge is 0.361 e. The monoisotopic (exact) mass is 439 g/mol. The van der Waals surface area contributed by atoms with Gasteiger partial charge in [-0.1, -0.05) is 35.5 Å². The molecule has 0 saturated heterocycles. The predicted octanol–water partition coefficient (Wildman–Crippen LogP) is 2.70. The van der Waals surface area contributed by atoms with Crippen molar-refractivity contribution in [1.82, 2.24) is 20.0 Å².